The summed E-state index contributed by atoms with van der Waals surface area (Å²) in [6.45, 7) is 1.81. The number of likely N-dealkylation sites (N-methyl/N-ethyl adjacent to an activating group) is 1. The number of carbonyl (C=O) groups excluding carboxylic acids is 1. The fourth-order valence-corrected chi connectivity index (χ4v) is 3.57. The molecule has 0 aliphatic carbocycles. The molecule has 0 spiro atoms. The number of hydrogen-bond acceptors (Lipinski definition) is 5. The number of ketones is 1. The van der Waals surface area contributed by atoms with E-state index in [0.29, 0.717) is 18.5 Å². The van der Waals surface area contributed by atoms with Crippen LogP contribution in [0, 0.1) is 0 Å². The minimum Gasteiger partial charge on any atom is -0.295 e. The molecule has 2 rings (SSSR count). The van der Waals surface area contributed by atoms with Gasteiger partial charge in [0.1, 0.15) is 0 Å². The van der Waals surface area contributed by atoms with E-state index in [1.54, 1.807) is 13.2 Å². The molecule has 7 heteroatoms. The summed E-state index contributed by atoms with van der Waals surface area (Å²) in [5.41, 5.74) is 0.499. The Morgan fingerprint density at radius 3 is 2.48 bits per heavy atom. The summed E-state index contributed by atoms with van der Waals surface area (Å²) in [5.74, 6) is -0.0870. The highest BCUT2D eigenvalue weighted by molar-refractivity contribution is 7.89. The first-order valence-corrected chi connectivity index (χ1v) is 8.69. The van der Waals surface area contributed by atoms with E-state index in [2.05, 4.69) is 4.98 Å². The molecular weight excluding hydrogens is 308 g/mol. The van der Waals surface area contributed by atoms with Gasteiger partial charge < -0.3 is 0 Å². The summed E-state index contributed by atoms with van der Waals surface area (Å²) >= 11 is 1.51. The van der Waals surface area contributed by atoms with Gasteiger partial charge in [0.2, 0.25) is 10.0 Å². The van der Waals surface area contributed by atoms with E-state index in [1.807, 2.05) is 5.38 Å². The standard InChI is InChI=1S/C14H16N2O3S2/c1-11(17)12-3-5-13(6-4-12)21(18,19)16(2)9-7-14-15-8-10-20-14/h3-6,8,10H,7,9H2,1-2H3. The number of Topliss-reactive ketones (excluding diaryl/α,β-unsaturated/α-hetero) is 1. The minimum absolute atomic E-state index is 0.0870. The third-order valence-electron chi connectivity index (χ3n) is 3.09. The van der Waals surface area contributed by atoms with Gasteiger partial charge in [-0.15, -0.1) is 11.3 Å². The molecule has 0 aliphatic rings. The van der Waals surface area contributed by atoms with Crippen LogP contribution in [0.1, 0.15) is 22.3 Å². The molecular formula is C14H16N2O3S2. The van der Waals surface area contributed by atoms with E-state index in [4.69, 9.17) is 0 Å². The van der Waals surface area contributed by atoms with E-state index < -0.39 is 10.0 Å². The highest BCUT2D eigenvalue weighted by atomic mass is 32.2. The zero-order chi connectivity index (χ0) is 15.5. The summed E-state index contributed by atoms with van der Waals surface area (Å²) in [7, 11) is -1.99. The number of thiazole rings is 1. The molecule has 0 radical (unpaired) electrons. The molecule has 0 unspecified atom stereocenters. The molecule has 0 N–H and O–H groups in total. The maximum absolute atomic E-state index is 12.4. The molecule has 1 aromatic carbocycles. The second kappa shape index (κ2) is 6.46. The Kier molecular flexibility index (Phi) is 4.87. The van der Waals surface area contributed by atoms with E-state index in [1.165, 1.54) is 46.8 Å². The Bertz CT molecular complexity index is 707. The molecule has 5 nitrogen and oxygen atoms in total. The SMILES string of the molecule is CC(=O)c1ccc(S(=O)(=O)N(C)CCc2nccs2)cc1. The predicted octanol–water partition coefficient (Wildman–Crippen LogP) is 2.21. The zero-order valence-electron chi connectivity index (χ0n) is 11.8. The fraction of sp³-hybridized carbons (Fsp3) is 0.286. The highest BCUT2D eigenvalue weighted by Gasteiger charge is 2.20. The summed E-state index contributed by atoms with van der Waals surface area (Å²) < 4.78 is 26.1. The monoisotopic (exact) mass is 324 g/mol. The second-order valence-electron chi connectivity index (χ2n) is 4.58. The van der Waals surface area contributed by atoms with Crippen LogP contribution in [0.25, 0.3) is 0 Å². The van der Waals surface area contributed by atoms with Crippen molar-refractivity contribution in [3.63, 3.8) is 0 Å². The molecule has 0 atom stereocenters. The summed E-state index contributed by atoms with van der Waals surface area (Å²) in [6.07, 6.45) is 2.29. The van der Waals surface area contributed by atoms with Gasteiger partial charge in [-0.2, -0.15) is 0 Å². The van der Waals surface area contributed by atoms with Crippen LogP contribution in [0.4, 0.5) is 0 Å². The van der Waals surface area contributed by atoms with Crippen LogP contribution in [0.3, 0.4) is 0 Å². The van der Waals surface area contributed by atoms with Crippen molar-refractivity contribution in [2.24, 2.45) is 0 Å². The largest absolute Gasteiger partial charge is 0.295 e. The van der Waals surface area contributed by atoms with Crippen LogP contribution in [0.5, 0.6) is 0 Å². The van der Waals surface area contributed by atoms with Crippen molar-refractivity contribution in [2.75, 3.05) is 13.6 Å². The van der Waals surface area contributed by atoms with Crippen molar-refractivity contribution in [1.82, 2.24) is 9.29 Å². The van der Waals surface area contributed by atoms with Gasteiger partial charge in [-0.1, -0.05) is 12.1 Å². The van der Waals surface area contributed by atoms with Crippen molar-refractivity contribution in [3.05, 3.63) is 46.4 Å². The molecule has 2 aromatic rings. The molecule has 0 aliphatic heterocycles. The first-order chi connectivity index (χ1) is 9.91. The summed E-state index contributed by atoms with van der Waals surface area (Å²) in [4.78, 5) is 15.5. The van der Waals surface area contributed by atoms with Crippen LogP contribution in [0.2, 0.25) is 0 Å². The van der Waals surface area contributed by atoms with Crippen LogP contribution >= 0.6 is 11.3 Å². The Morgan fingerprint density at radius 2 is 1.95 bits per heavy atom. The van der Waals surface area contributed by atoms with Crippen molar-refractivity contribution in [1.29, 1.82) is 0 Å². The maximum atomic E-state index is 12.4. The summed E-state index contributed by atoms with van der Waals surface area (Å²) in [5, 5.41) is 2.77. The molecule has 0 bridgehead atoms. The molecule has 0 fully saturated rings. The normalized spacial score (nSPS) is 11.8. The van der Waals surface area contributed by atoms with Gasteiger partial charge in [-0.05, 0) is 19.1 Å². The van der Waals surface area contributed by atoms with Crippen molar-refractivity contribution in [2.45, 2.75) is 18.2 Å². The number of rotatable bonds is 6. The smallest absolute Gasteiger partial charge is 0.242 e. The first kappa shape index (κ1) is 15.8. The lowest BCUT2D eigenvalue weighted by Crippen LogP contribution is -2.29. The molecule has 0 saturated carbocycles. The van der Waals surface area contributed by atoms with Crippen molar-refractivity contribution in [3.8, 4) is 0 Å². The van der Waals surface area contributed by atoms with Gasteiger partial charge in [-0.3, -0.25) is 4.79 Å². The Labute approximate surface area is 128 Å². The minimum atomic E-state index is -3.54. The number of aromatic nitrogens is 1. The van der Waals surface area contributed by atoms with Crippen molar-refractivity contribution < 1.29 is 13.2 Å². The first-order valence-electron chi connectivity index (χ1n) is 6.37. The fourth-order valence-electron chi connectivity index (χ4n) is 1.79. The maximum Gasteiger partial charge on any atom is 0.242 e. The number of nitrogens with zero attached hydrogens (tertiary/aromatic N) is 2. The quantitative estimate of drug-likeness (QED) is 0.764. The molecule has 1 aromatic heterocycles. The van der Waals surface area contributed by atoms with E-state index in [9.17, 15) is 13.2 Å². The topological polar surface area (TPSA) is 67.3 Å². The number of benzene rings is 1. The molecule has 1 heterocycles. The van der Waals surface area contributed by atoms with Gasteiger partial charge in [-0.25, -0.2) is 17.7 Å². The predicted molar refractivity (Wildman–Crippen MR) is 82.1 cm³/mol. The average molecular weight is 324 g/mol. The Hall–Kier alpha value is -1.57. The lowest BCUT2D eigenvalue weighted by Gasteiger charge is -2.16. The van der Waals surface area contributed by atoms with Crippen LogP contribution < -0.4 is 0 Å². The summed E-state index contributed by atoms with van der Waals surface area (Å²) in [6, 6.07) is 5.99. The Balaban J connectivity index is 2.10. The molecule has 112 valence electrons. The third kappa shape index (κ3) is 3.75. The lowest BCUT2D eigenvalue weighted by atomic mass is 10.2. The van der Waals surface area contributed by atoms with Gasteiger partial charge in [0.25, 0.3) is 0 Å². The van der Waals surface area contributed by atoms with Crippen LogP contribution in [-0.4, -0.2) is 37.1 Å². The highest BCUT2D eigenvalue weighted by Crippen LogP contribution is 2.16. The van der Waals surface area contributed by atoms with Crippen molar-refractivity contribution >= 4 is 27.1 Å². The third-order valence-corrected chi connectivity index (χ3v) is 5.80. The van der Waals surface area contributed by atoms with E-state index in [0.717, 1.165) is 5.01 Å². The van der Waals surface area contributed by atoms with Gasteiger partial charge >= 0.3 is 0 Å². The molecule has 21 heavy (non-hydrogen) atoms. The number of hydrogen-bond donors (Lipinski definition) is 0. The number of sulfonamides is 1. The molecule has 0 saturated heterocycles. The van der Waals surface area contributed by atoms with Crippen LogP contribution in [0.15, 0.2) is 40.7 Å². The molecule has 0 amide bonds. The zero-order valence-corrected chi connectivity index (χ0v) is 13.4. The lowest BCUT2D eigenvalue weighted by molar-refractivity contribution is 0.101. The number of carbonyl (C=O) groups is 1. The average Bonchev–Trinajstić information content (AvgIpc) is 2.98. The van der Waals surface area contributed by atoms with E-state index in [-0.39, 0.29) is 10.7 Å². The van der Waals surface area contributed by atoms with Crippen LogP contribution in [-0.2, 0) is 16.4 Å². The van der Waals surface area contributed by atoms with Gasteiger partial charge in [0, 0.05) is 37.2 Å². The Morgan fingerprint density at radius 1 is 1.29 bits per heavy atom. The van der Waals surface area contributed by atoms with E-state index >= 15 is 0 Å². The van der Waals surface area contributed by atoms with Gasteiger partial charge in [0.05, 0.1) is 9.90 Å². The van der Waals surface area contributed by atoms with Gasteiger partial charge in [0.15, 0.2) is 5.78 Å². The second-order valence-corrected chi connectivity index (χ2v) is 7.61.